The Morgan fingerprint density at radius 1 is 1.06 bits per heavy atom. The van der Waals surface area contributed by atoms with Crippen LogP contribution in [0, 0.1) is 19.8 Å². The number of carbonyl (C=O) groups excluding carboxylic acids is 1. The summed E-state index contributed by atoms with van der Waals surface area (Å²) in [5.74, 6) is 1.64. The van der Waals surface area contributed by atoms with Crippen LogP contribution in [0.2, 0.25) is 0 Å². The molecule has 2 aromatic rings. The van der Waals surface area contributed by atoms with E-state index in [9.17, 15) is 9.90 Å². The quantitative estimate of drug-likeness (QED) is 0.599. The molecule has 7 heteroatoms. The minimum Gasteiger partial charge on any atom is -0.493 e. The van der Waals surface area contributed by atoms with Crippen LogP contribution < -0.4 is 19.5 Å². The first-order valence-electron chi connectivity index (χ1n) is 12.4. The molecule has 0 bridgehead atoms. The molecule has 1 saturated heterocycles. The topological polar surface area (TPSA) is 80.3 Å². The first kappa shape index (κ1) is 25.3. The average molecular weight is 483 g/mol. The lowest BCUT2D eigenvalue weighted by atomic mass is 9.66. The van der Waals surface area contributed by atoms with E-state index in [0.717, 1.165) is 48.1 Å². The van der Waals surface area contributed by atoms with E-state index in [-0.39, 0.29) is 24.4 Å². The summed E-state index contributed by atoms with van der Waals surface area (Å²) >= 11 is 0. The normalized spacial score (nSPS) is 24.4. The summed E-state index contributed by atoms with van der Waals surface area (Å²) < 4.78 is 16.8. The molecule has 0 aromatic heterocycles. The van der Waals surface area contributed by atoms with Crippen LogP contribution in [0.25, 0.3) is 0 Å². The van der Waals surface area contributed by atoms with E-state index in [1.54, 1.807) is 21.3 Å². The van der Waals surface area contributed by atoms with E-state index in [1.807, 2.05) is 44.2 Å². The van der Waals surface area contributed by atoms with Crippen LogP contribution in [0.1, 0.15) is 54.8 Å². The second-order valence-corrected chi connectivity index (χ2v) is 9.95. The number of likely N-dealkylation sites (tertiary alicyclic amines) is 1. The number of hydrogen-bond donors (Lipinski definition) is 2. The predicted octanol–water partition coefficient (Wildman–Crippen LogP) is 4.64. The Morgan fingerprint density at radius 2 is 1.77 bits per heavy atom. The smallest absolute Gasteiger partial charge is 0.238 e. The van der Waals surface area contributed by atoms with Crippen molar-refractivity contribution >= 4 is 11.6 Å². The fraction of sp³-hybridized carbons (Fsp3) is 0.536. The number of benzene rings is 2. The van der Waals surface area contributed by atoms with Gasteiger partial charge in [-0.1, -0.05) is 25.0 Å². The molecule has 0 unspecified atom stereocenters. The lowest BCUT2D eigenvalue weighted by Gasteiger charge is -2.52. The van der Waals surface area contributed by atoms with E-state index in [2.05, 4.69) is 10.2 Å². The molecule has 2 aliphatic rings. The highest BCUT2D eigenvalue weighted by Crippen LogP contribution is 2.51. The van der Waals surface area contributed by atoms with Crippen molar-refractivity contribution in [1.82, 2.24) is 4.90 Å². The zero-order valence-corrected chi connectivity index (χ0v) is 21.5. The number of fused-ring (bicyclic) bond motifs is 1. The SMILES string of the molecule is COc1cc([C@@H]2[C@@H]3CCCC[C@@]3(O)CCN2CC(=O)Nc2cc(C)ccc2C)cc(OC)c1OC. The first-order chi connectivity index (χ1) is 16.8. The van der Waals surface area contributed by atoms with Crippen LogP contribution in [0.5, 0.6) is 17.2 Å². The van der Waals surface area contributed by atoms with Crippen molar-refractivity contribution in [2.45, 2.75) is 57.6 Å². The summed E-state index contributed by atoms with van der Waals surface area (Å²) in [6.45, 7) is 4.89. The molecule has 7 nitrogen and oxygen atoms in total. The fourth-order valence-electron chi connectivity index (χ4n) is 5.88. The third-order valence-electron chi connectivity index (χ3n) is 7.71. The number of nitrogens with one attached hydrogen (secondary N) is 1. The molecule has 1 amide bonds. The van der Waals surface area contributed by atoms with Gasteiger partial charge in [0.25, 0.3) is 0 Å². The number of piperidine rings is 1. The fourth-order valence-corrected chi connectivity index (χ4v) is 5.88. The number of aryl methyl sites for hydroxylation is 2. The average Bonchev–Trinajstić information content (AvgIpc) is 2.85. The second-order valence-electron chi connectivity index (χ2n) is 9.95. The maximum atomic E-state index is 13.2. The summed E-state index contributed by atoms with van der Waals surface area (Å²) in [6, 6.07) is 9.84. The summed E-state index contributed by atoms with van der Waals surface area (Å²) in [4.78, 5) is 15.4. The highest BCUT2D eigenvalue weighted by atomic mass is 16.5. The highest BCUT2D eigenvalue weighted by Gasteiger charge is 2.49. The van der Waals surface area contributed by atoms with Gasteiger partial charge in [0, 0.05) is 24.2 Å². The van der Waals surface area contributed by atoms with Gasteiger partial charge in [-0.05, 0) is 68.0 Å². The molecule has 190 valence electrons. The third kappa shape index (κ3) is 5.11. The van der Waals surface area contributed by atoms with Crippen molar-refractivity contribution in [3.05, 3.63) is 47.0 Å². The zero-order chi connectivity index (χ0) is 25.2. The Kier molecular flexibility index (Phi) is 7.57. The van der Waals surface area contributed by atoms with Gasteiger partial charge in [-0.2, -0.15) is 0 Å². The Hall–Kier alpha value is -2.77. The number of aliphatic hydroxyl groups is 1. The number of ether oxygens (including phenoxy) is 3. The van der Waals surface area contributed by atoms with Crippen molar-refractivity contribution in [3.63, 3.8) is 0 Å². The molecule has 1 aliphatic heterocycles. The molecule has 1 saturated carbocycles. The van der Waals surface area contributed by atoms with E-state index in [1.165, 1.54) is 0 Å². The van der Waals surface area contributed by atoms with Crippen molar-refractivity contribution in [2.24, 2.45) is 5.92 Å². The van der Waals surface area contributed by atoms with Gasteiger partial charge in [0.1, 0.15) is 0 Å². The van der Waals surface area contributed by atoms with Crippen molar-refractivity contribution in [3.8, 4) is 17.2 Å². The van der Waals surface area contributed by atoms with Crippen LogP contribution in [0.3, 0.4) is 0 Å². The van der Waals surface area contributed by atoms with E-state index in [4.69, 9.17) is 14.2 Å². The van der Waals surface area contributed by atoms with Crippen LogP contribution >= 0.6 is 0 Å². The largest absolute Gasteiger partial charge is 0.493 e. The molecular formula is C28H38N2O5. The molecule has 3 atom stereocenters. The maximum Gasteiger partial charge on any atom is 0.238 e. The minimum absolute atomic E-state index is 0.0151. The number of hydrogen-bond acceptors (Lipinski definition) is 6. The lowest BCUT2D eigenvalue weighted by Crippen LogP contribution is -2.56. The molecule has 0 radical (unpaired) electrons. The van der Waals surface area contributed by atoms with Gasteiger partial charge in [-0.15, -0.1) is 0 Å². The van der Waals surface area contributed by atoms with E-state index < -0.39 is 5.60 Å². The highest BCUT2D eigenvalue weighted by molar-refractivity contribution is 5.93. The van der Waals surface area contributed by atoms with Crippen LogP contribution in [0.15, 0.2) is 30.3 Å². The van der Waals surface area contributed by atoms with Crippen molar-refractivity contribution in [1.29, 1.82) is 0 Å². The van der Waals surface area contributed by atoms with Gasteiger partial charge in [0.15, 0.2) is 11.5 Å². The number of nitrogens with zero attached hydrogens (tertiary/aromatic N) is 1. The van der Waals surface area contributed by atoms with Gasteiger partial charge in [0.2, 0.25) is 11.7 Å². The van der Waals surface area contributed by atoms with E-state index in [0.29, 0.717) is 30.2 Å². The molecule has 0 spiro atoms. The molecule has 2 aromatic carbocycles. The van der Waals surface area contributed by atoms with Crippen LogP contribution in [0.4, 0.5) is 5.69 Å². The van der Waals surface area contributed by atoms with Gasteiger partial charge >= 0.3 is 0 Å². The van der Waals surface area contributed by atoms with Crippen LogP contribution in [-0.4, -0.2) is 55.9 Å². The second kappa shape index (κ2) is 10.5. The number of amides is 1. The molecule has 35 heavy (non-hydrogen) atoms. The molecular weight excluding hydrogens is 444 g/mol. The first-order valence-corrected chi connectivity index (χ1v) is 12.4. The third-order valence-corrected chi connectivity index (χ3v) is 7.71. The van der Waals surface area contributed by atoms with Gasteiger partial charge in [-0.25, -0.2) is 0 Å². The Labute approximate surface area is 208 Å². The molecule has 1 heterocycles. The van der Waals surface area contributed by atoms with Gasteiger partial charge < -0.3 is 24.6 Å². The Balaban J connectivity index is 1.68. The Morgan fingerprint density at radius 3 is 2.43 bits per heavy atom. The summed E-state index contributed by atoms with van der Waals surface area (Å²) in [7, 11) is 4.80. The standard InChI is InChI=1S/C28H38N2O5/c1-18-9-10-19(2)22(14-18)29-25(31)17-30-13-12-28(32)11-7-6-8-21(28)26(30)20-15-23(33-3)27(35-5)24(16-20)34-4/h9-10,14-16,21,26,32H,6-8,11-13,17H2,1-5H3,(H,29,31)/t21-,26+,28+/m0/s1. The maximum absolute atomic E-state index is 13.2. The molecule has 4 rings (SSSR count). The monoisotopic (exact) mass is 482 g/mol. The lowest BCUT2D eigenvalue weighted by molar-refractivity contribution is -0.135. The Bertz CT molecular complexity index is 1050. The molecule has 2 N–H and O–H groups in total. The number of anilines is 1. The predicted molar refractivity (Wildman–Crippen MR) is 136 cm³/mol. The zero-order valence-electron chi connectivity index (χ0n) is 21.5. The summed E-state index contributed by atoms with van der Waals surface area (Å²) in [5, 5.41) is 14.7. The molecule has 2 fully saturated rings. The van der Waals surface area contributed by atoms with E-state index >= 15 is 0 Å². The minimum atomic E-state index is -0.733. The molecule has 1 aliphatic carbocycles. The van der Waals surface area contributed by atoms with Crippen LogP contribution in [-0.2, 0) is 4.79 Å². The number of methoxy groups -OCH3 is 3. The number of rotatable bonds is 7. The van der Waals surface area contributed by atoms with Crippen molar-refractivity contribution < 1.29 is 24.1 Å². The number of carbonyl (C=O) groups is 1. The summed E-state index contributed by atoms with van der Waals surface area (Å²) in [5.41, 5.74) is 3.20. The van der Waals surface area contributed by atoms with Gasteiger partial charge in [0.05, 0.1) is 33.5 Å². The van der Waals surface area contributed by atoms with Gasteiger partial charge in [-0.3, -0.25) is 9.69 Å². The van der Waals surface area contributed by atoms with Crippen molar-refractivity contribution in [2.75, 3.05) is 39.7 Å². The summed E-state index contributed by atoms with van der Waals surface area (Å²) in [6.07, 6.45) is 4.46.